The maximum absolute atomic E-state index is 2.85. The van der Waals surface area contributed by atoms with Gasteiger partial charge in [-0.3, -0.25) is 0 Å². The fourth-order valence-corrected chi connectivity index (χ4v) is 17.6. The molecule has 0 unspecified atom stereocenters. The molecule has 2 aliphatic heterocycles. The van der Waals surface area contributed by atoms with Crippen LogP contribution in [0.25, 0.3) is 20.2 Å². The summed E-state index contributed by atoms with van der Waals surface area (Å²) in [4.78, 5) is 5.68. The molecule has 0 spiro atoms. The Morgan fingerprint density at radius 2 is 0.921 bits per heavy atom. The smallest absolute Gasteiger partial charge is 0.252 e. The number of thiophene rings is 1. The Balaban J connectivity index is 1.16. The third-order valence-corrected chi connectivity index (χ3v) is 22.4. The lowest BCUT2D eigenvalue weighted by Crippen LogP contribution is -2.62. The largest absolute Gasteiger partial charge is 0.311 e. The summed E-state index contributed by atoms with van der Waals surface area (Å²) in [6.07, 6.45) is 11.2. The SMILES string of the molecule is Cc1cc2c(cc1N1c3cc4c(cc3B3c5ccc6c(sc7ccccc76)c5N(c5cc6c(cc5C)C(C)(C)CCC6(C)C)c5cc(C6CCCCC6)cc1c53)C(C)(C)c1ccccc1C4(C)C)C(C)(C)CCC2(C)C. The van der Waals surface area contributed by atoms with Crippen LogP contribution in [0.5, 0.6) is 0 Å². The third-order valence-electron chi connectivity index (χ3n) is 21.3. The molecule has 7 aromatic carbocycles. The van der Waals surface area contributed by atoms with Crippen LogP contribution >= 0.6 is 11.3 Å². The van der Waals surface area contributed by atoms with E-state index in [2.05, 4.69) is 216 Å². The van der Waals surface area contributed by atoms with Gasteiger partial charge in [-0.2, -0.15) is 0 Å². The first-order chi connectivity index (χ1) is 36.0. The molecule has 8 aromatic rings. The van der Waals surface area contributed by atoms with E-state index in [0.717, 1.165) is 0 Å². The molecule has 1 saturated carbocycles. The zero-order valence-electron chi connectivity index (χ0n) is 48.2. The molecule has 0 radical (unpaired) electrons. The summed E-state index contributed by atoms with van der Waals surface area (Å²) in [6.45, 7) is 34.9. The van der Waals surface area contributed by atoms with Crippen LogP contribution in [0.3, 0.4) is 0 Å². The summed E-state index contributed by atoms with van der Waals surface area (Å²) in [6, 6.07) is 45.2. The molecule has 386 valence electrons. The van der Waals surface area contributed by atoms with E-state index in [0.29, 0.717) is 5.92 Å². The molecule has 3 heterocycles. The lowest BCUT2D eigenvalue weighted by molar-refractivity contribution is 0.332. The average molecular weight is 1020 g/mol. The Morgan fingerprint density at radius 1 is 0.434 bits per heavy atom. The number of fused-ring (bicyclic) bond motifs is 12. The van der Waals surface area contributed by atoms with Crippen LogP contribution in [0, 0.1) is 13.8 Å². The number of hydrogen-bond donors (Lipinski definition) is 0. The number of rotatable bonds is 3. The predicted octanol–water partition coefficient (Wildman–Crippen LogP) is 18.5. The minimum absolute atomic E-state index is 0.0144. The van der Waals surface area contributed by atoms with Gasteiger partial charge in [0.1, 0.15) is 0 Å². The van der Waals surface area contributed by atoms with E-state index in [1.165, 1.54) is 190 Å². The molecule has 0 saturated heterocycles. The van der Waals surface area contributed by atoms with Crippen LogP contribution in [0.1, 0.15) is 208 Å². The summed E-state index contributed by atoms with van der Waals surface area (Å²) in [7, 11) is 0. The lowest BCUT2D eigenvalue weighted by Gasteiger charge is -2.49. The zero-order chi connectivity index (χ0) is 53.0. The Kier molecular flexibility index (Phi) is 10.3. The van der Waals surface area contributed by atoms with Crippen molar-refractivity contribution in [2.24, 2.45) is 0 Å². The van der Waals surface area contributed by atoms with Gasteiger partial charge in [0.25, 0.3) is 6.71 Å². The molecule has 2 nitrogen and oxygen atoms in total. The van der Waals surface area contributed by atoms with Crippen LogP contribution in [0.15, 0.2) is 109 Å². The van der Waals surface area contributed by atoms with E-state index in [9.17, 15) is 0 Å². The quantitative estimate of drug-likeness (QED) is 0.163. The topological polar surface area (TPSA) is 6.48 Å². The number of hydrogen-bond acceptors (Lipinski definition) is 3. The zero-order valence-corrected chi connectivity index (χ0v) is 49.0. The molecule has 6 aliphatic rings. The maximum atomic E-state index is 2.85. The number of anilines is 6. The monoisotopic (exact) mass is 1010 g/mol. The molecule has 0 N–H and O–H groups in total. The first kappa shape index (κ1) is 48.8. The fraction of sp³-hybridized carbons (Fsp3) is 0.417. The van der Waals surface area contributed by atoms with Gasteiger partial charge in [0, 0.05) is 54.7 Å². The van der Waals surface area contributed by atoms with E-state index >= 15 is 0 Å². The van der Waals surface area contributed by atoms with Gasteiger partial charge in [-0.1, -0.05) is 175 Å². The average Bonchev–Trinajstić information content (AvgIpc) is 3.60. The summed E-state index contributed by atoms with van der Waals surface area (Å²) < 4.78 is 2.76. The molecule has 76 heavy (non-hydrogen) atoms. The van der Waals surface area contributed by atoms with Crippen LogP contribution in [-0.4, -0.2) is 6.71 Å². The minimum Gasteiger partial charge on any atom is -0.311 e. The van der Waals surface area contributed by atoms with Crippen molar-refractivity contribution >= 4 is 88.7 Å². The predicted molar refractivity (Wildman–Crippen MR) is 330 cm³/mol. The van der Waals surface area contributed by atoms with Crippen LogP contribution < -0.4 is 26.2 Å². The second-order valence-corrected chi connectivity index (χ2v) is 29.6. The maximum Gasteiger partial charge on any atom is 0.252 e. The molecule has 4 aliphatic carbocycles. The van der Waals surface area contributed by atoms with E-state index in [1.54, 1.807) is 0 Å². The number of aryl methyl sites for hydroxylation is 2. The van der Waals surface area contributed by atoms with Crippen molar-refractivity contribution < 1.29 is 0 Å². The second kappa shape index (κ2) is 16.0. The highest BCUT2D eigenvalue weighted by molar-refractivity contribution is 7.26. The summed E-state index contributed by atoms with van der Waals surface area (Å²) in [5.74, 6) is 0.508. The summed E-state index contributed by atoms with van der Waals surface area (Å²) >= 11 is 2.01. The van der Waals surface area contributed by atoms with Crippen molar-refractivity contribution in [2.75, 3.05) is 9.80 Å². The van der Waals surface area contributed by atoms with Gasteiger partial charge in [-0.15, -0.1) is 11.3 Å². The second-order valence-electron chi connectivity index (χ2n) is 28.5. The van der Waals surface area contributed by atoms with Gasteiger partial charge >= 0.3 is 0 Å². The van der Waals surface area contributed by atoms with Crippen molar-refractivity contribution in [2.45, 2.75) is 193 Å². The molecule has 14 rings (SSSR count). The van der Waals surface area contributed by atoms with Crippen molar-refractivity contribution in [1.29, 1.82) is 0 Å². The van der Waals surface area contributed by atoms with Crippen LogP contribution in [0.4, 0.5) is 34.1 Å². The van der Waals surface area contributed by atoms with E-state index in [-0.39, 0.29) is 39.2 Å². The highest BCUT2D eigenvalue weighted by Gasteiger charge is 2.50. The molecular weight excluding hydrogens is 936 g/mol. The van der Waals surface area contributed by atoms with Gasteiger partial charge in [0.2, 0.25) is 0 Å². The molecule has 4 heteroatoms. The van der Waals surface area contributed by atoms with Crippen LogP contribution in [-0.2, 0) is 32.5 Å². The third kappa shape index (κ3) is 6.70. The Hall–Kier alpha value is -5.58. The Labute approximate surface area is 459 Å². The molecule has 0 atom stereocenters. The number of nitrogens with zero attached hydrogens (tertiary/aromatic N) is 2. The highest BCUT2D eigenvalue weighted by atomic mass is 32.1. The van der Waals surface area contributed by atoms with Gasteiger partial charge in [-0.05, 0) is 194 Å². The minimum atomic E-state index is -0.203. The van der Waals surface area contributed by atoms with Crippen molar-refractivity contribution in [3.8, 4) is 0 Å². The van der Waals surface area contributed by atoms with Gasteiger partial charge in [-0.25, -0.2) is 0 Å². The van der Waals surface area contributed by atoms with E-state index in [1.807, 2.05) is 11.3 Å². The number of benzene rings is 7. The molecular formula is C72H79BN2S. The first-order valence-electron chi connectivity index (χ1n) is 29.3. The van der Waals surface area contributed by atoms with Crippen molar-refractivity contribution in [3.63, 3.8) is 0 Å². The van der Waals surface area contributed by atoms with E-state index < -0.39 is 0 Å². The van der Waals surface area contributed by atoms with Crippen molar-refractivity contribution in [1.82, 2.24) is 0 Å². The molecule has 1 aromatic heterocycles. The van der Waals surface area contributed by atoms with Gasteiger partial charge < -0.3 is 9.80 Å². The first-order valence-corrected chi connectivity index (χ1v) is 30.1. The van der Waals surface area contributed by atoms with E-state index in [4.69, 9.17) is 0 Å². The molecule has 1 fully saturated rings. The van der Waals surface area contributed by atoms with Crippen molar-refractivity contribution in [3.05, 3.63) is 170 Å². The molecule has 0 amide bonds. The molecule has 0 bridgehead atoms. The van der Waals surface area contributed by atoms with Gasteiger partial charge in [0.05, 0.1) is 10.4 Å². The normalized spacial score (nSPS) is 20.8. The summed E-state index contributed by atoms with van der Waals surface area (Å²) in [5.41, 5.74) is 28.6. The Bertz CT molecular complexity index is 3810. The highest BCUT2D eigenvalue weighted by Crippen LogP contribution is 2.57. The van der Waals surface area contributed by atoms with Gasteiger partial charge in [0.15, 0.2) is 0 Å². The lowest BCUT2D eigenvalue weighted by atomic mass is 9.33. The fourth-order valence-electron chi connectivity index (χ4n) is 16.3. The van der Waals surface area contributed by atoms with Crippen LogP contribution in [0.2, 0.25) is 0 Å². The Morgan fingerprint density at radius 3 is 1.50 bits per heavy atom. The summed E-state index contributed by atoms with van der Waals surface area (Å²) in [5, 5.41) is 2.73. The standard InChI is InChI=1S/C72H79BN2S/c1-42-34-50-52(69(7,8)32-30-67(50,3)4)39-58(42)74-60-41-55-54(71(11,12)48-25-19-20-26-49(48)72(55,13)14)38-57(60)73-56-29-28-47-46-24-18-21-27-63(46)76-66(47)65(56)75(62-37-45(36-61(74)64(62)73)44-22-16-15-17-23-44)59-40-53-51(35-43(59)2)68(5,6)31-33-70(53,9)10/h18-21,24-29,34-41,44H,15-17,22-23,30-33H2,1-14H3.